The summed E-state index contributed by atoms with van der Waals surface area (Å²) >= 11 is 0. The first-order chi connectivity index (χ1) is 4.86. The third-order valence-electron chi connectivity index (χ3n) is 1.97. The monoisotopic (exact) mass is 173 g/mol. The third kappa shape index (κ3) is 1.54. The first kappa shape index (κ1) is 8.56. The van der Waals surface area contributed by atoms with Crippen LogP contribution < -0.4 is 5.73 Å². The van der Waals surface area contributed by atoms with Crippen LogP contribution in [0.2, 0.25) is 0 Å². The van der Waals surface area contributed by atoms with Crippen molar-refractivity contribution >= 4 is 12.4 Å². The van der Waals surface area contributed by atoms with Crippen LogP contribution in [0.4, 0.5) is 0 Å². The molecule has 1 aromatic rings. The molecule has 0 radical (unpaired) electrons. The molecular weight excluding hydrogens is 162 g/mol. The Bertz CT molecular complexity index is 233. The summed E-state index contributed by atoms with van der Waals surface area (Å²) in [6.45, 7) is 0.940. The van der Waals surface area contributed by atoms with Crippen LogP contribution in [0, 0.1) is 0 Å². The molecule has 0 aromatic carbocycles. The van der Waals surface area contributed by atoms with Crippen molar-refractivity contribution in [3.8, 4) is 0 Å². The smallest absolute Gasteiger partial charge is 0.108 e. The van der Waals surface area contributed by atoms with E-state index in [1.54, 1.807) is 0 Å². The minimum atomic E-state index is 0. The van der Waals surface area contributed by atoms with Crippen LogP contribution in [-0.2, 0) is 13.0 Å². The van der Waals surface area contributed by atoms with Crippen molar-refractivity contribution in [1.82, 2.24) is 9.55 Å². The van der Waals surface area contributed by atoms with Crippen molar-refractivity contribution in [2.24, 2.45) is 5.73 Å². The number of imidazole rings is 1. The minimum Gasteiger partial charge on any atom is -0.333 e. The molecule has 2 heterocycles. The fourth-order valence-corrected chi connectivity index (χ4v) is 1.39. The van der Waals surface area contributed by atoms with Crippen molar-refractivity contribution in [3.63, 3.8) is 0 Å². The fourth-order valence-electron chi connectivity index (χ4n) is 1.39. The maximum Gasteiger partial charge on any atom is 0.108 e. The quantitative estimate of drug-likeness (QED) is 0.624. The molecule has 0 saturated heterocycles. The van der Waals surface area contributed by atoms with Crippen molar-refractivity contribution in [3.05, 3.63) is 18.2 Å². The number of nitrogens with two attached hydrogens (primary N) is 1. The van der Waals surface area contributed by atoms with Crippen LogP contribution in [0.15, 0.2) is 12.4 Å². The van der Waals surface area contributed by atoms with Gasteiger partial charge in [-0.15, -0.1) is 12.4 Å². The number of fused-ring (bicyclic) bond motifs is 1. The molecule has 4 heteroatoms. The van der Waals surface area contributed by atoms with E-state index in [0.29, 0.717) is 6.04 Å². The van der Waals surface area contributed by atoms with Crippen molar-refractivity contribution in [2.75, 3.05) is 0 Å². The molecular formula is C7H12ClN3. The van der Waals surface area contributed by atoms with E-state index in [1.807, 2.05) is 12.4 Å². The highest BCUT2D eigenvalue weighted by molar-refractivity contribution is 5.85. The highest BCUT2D eigenvalue weighted by atomic mass is 35.5. The summed E-state index contributed by atoms with van der Waals surface area (Å²) < 4.78 is 2.13. The summed E-state index contributed by atoms with van der Waals surface area (Å²) in [5.74, 6) is 1.18. The summed E-state index contributed by atoms with van der Waals surface area (Å²) in [7, 11) is 0. The third-order valence-corrected chi connectivity index (χ3v) is 1.97. The number of hydrogen-bond donors (Lipinski definition) is 1. The van der Waals surface area contributed by atoms with E-state index in [2.05, 4.69) is 9.55 Å². The van der Waals surface area contributed by atoms with E-state index in [1.165, 1.54) is 5.82 Å². The van der Waals surface area contributed by atoms with Crippen molar-refractivity contribution in [2.45, 2.75) is 25.4 Å². The van der Waals surface area contributed by atoms with Gasteiger partial charge in [0.1, 0.15) is 5.82 Å². The topological polar surface area (TPSA) is 43.8 Å². The van der Waals surface area contributed by atoms with Crippen LogP contribution in [0.3, 0.4) is 0 Å². The van der Waals surface area contributed by atoms with Gasteiger partial charge in [0.2, 0.25) is 0 Å². The Hall–Kier alpha value is -0.540. The first-order valence-corrected chi connectivity index (χ1v) is 3.62. The summed E-state index contributed by atoms with van der Waals surface area (Å²) in [6.07, 6.45) is 5.95. The molecule has 0 aliphatic carbocycles. The normalized spacial score (nSPS) is 22.1. The highest BCUT2D eigenvalue weighted by Gasteiger charge is 2.13. The zero-order chi connectivity index (χ0) is 6.97. The summed E-state index contributed by atoms with van der Waals surface area (Å²) in [6, 6.07) is 0.335. The van der Waals surface area contributed by atoms with Gasteiger partial charge in [-0.3, -0.25) is 0 Å². The average Bonchev–Trinajstić information content (AvgIpc) is 2.33. The number of aromatic nitrogens is 2. The summed E-state index contributed by atoms with van der Waals surface area (Å²) in [5.41, 5.74) is 5.76. The predicted octanol–water partition coefficient (Wildman–Crippen LogP) is 0.578. The number of aryl methyl sites for hydroxylation is 1. The molecule has 0 bridgehead atoms. The maximum atomic E-state index is 5.76. The molecule has 1 aliphatic heterocycles. The van der Waals surface area contributed by atoms with E-state index in [4.69, 9.17) is 5.73 Å². The Kier molecular flexibility index (Phi) is 2.52. The SMILES string of the molecule is Cl.NC1CCc2nccn2C1. The van der Waals surface area contributed by atoms with Crippen LogP contribution in [-0.4, -0.2) is 15.6 Å². The van der Waals surface area contributed by atoms with E-state index in [0.717, 1.165) is 19.4 Å². The van der Waals surface area contributed by atoms with Crippen LogP contribution >= 0.6 is 12.4 Å². The molecule has 2 N–H and O–H groups in total. The van der Waals surface area contributed by atoms with Gasteiger partial charge in [-0.25, -0.2) is 4.98 Å². The second-order valence-electron chi connectivity index (χ2n) is 2.79. The molecule has 1 unspecified atom stereocenters. The molecule has 11 heavy (non-hydrogen) atoms. The predicted molar refractivity (Wildman–Crippen MR) is 45.8 cm³/mol. The Labute approximate surface area is 72.0 Å². The van der Waals surface area contributed by atoms with E-state index < -0.39 is 0 Å². The number of nitrogens with zero attached hydrogens (tertiary/aromatic N) is 2. The Morgan fingerprint density at radius 3 is 3.27 bits per heavy atom. The van der Waals surface area contributed by atoms with Gasteiger partial charge in [0.05, 0.1) is 0 Å². The highest BCUT2D eigenvalue weighted by Crippen LogP contribution is 2.10. The van der Waals surface area contributed by atoms with Gasteiger partial charge in [-0.05, 0) is 6.42 Å². The standard InChI is InChI=1S/C7H11N3.ClH/c8-6-1-2-7-9-3-4-10(7)5-6;/h3-4,6H,1-2,5,8H2;1H. The van der Waals surface area contributed by atoms with Gasteiger partial charge in [-0.2, -0.15) is 0 Å². The van der Waals surface area contributed by atoms with Gasteiger partial charge in [0, 0.05) is 31.4 Å². The summed E-state index contributed by atoms with van der Waals surface area (Å²) in [4.78, 5) is 4.20. The Balaban J connectivity index is 0.000000605. The molecule has 1 aliphatic rings. The zero-order valence-corrected chi connectivity index (χ0v) is 7.05. The lowest BCUT2D eigenvalue weighted by Crippen LogP contribution is -2.31. The molecule has 0 spiro atoms. The molecule has 0 saturated carbocycles. The molecule has 1 aromatic heterocycles. The molecule has 3 nitrogen and oxygen atoms in total. The zero-order valence-electron chi connectivity index (χ0n) is 6.23. The molecule has 0 amide bonds. The fraction of sp³-hybridized carbons (Fsp3) is 0.571. The first-order valence-electron chi connectivity index (χ1n) is 3.62. The molecule has 1 atom stereocenters. The van der Waals surface area contributed by atoms with Crippen LogP contribution in [0.1, 0.15) is 12.2 Å². The van der Waals surface area contributed by atoms with Gasteiger partial charge >= 0.3 is 0 Å². The second kappa shape index (κ2) is 3.24. The average molecular weight is 174 g/mol. The Morgan fingerprint density at radius 1 is 1.64 bits per heavy atom. The van der Waals surface area contributed by atoms with Crippen molar-refractivity contribution < 1.29 is 0 Å². The number of hydrogen-bond acceptors (Lipinski definition) is 2. The van der Waals surface area contributed by atoms with Crippen LogP contribution in [0.5, 0.6) is 0 Å². The van der Waals surface area contributed by atoms with Gasteiger partial charge in [0.25, 0.3) is 0 Å². The lowest BCUT2D eigenvalue weighted by atomic mass is 10.1. The second-order valence-corrected chi connectivity index (χ2v) is 2.79. The van der Waals surface area contributed by atoms with E-state index in [9.17, 15) is 0 Å². The largest absolute Gasteiger partial charge is 0.333 e. The minimum absolute atomic E-state index is 0. The molecule has 2 rings (SSSR count). The number of rotatable bonds is 0. The number of halogens is 1. The van der Waals surface area contributed by atoms with E-state index in [-0.39, 0.29) is 12.4 Å². The van der Waals surface area contributed by atoms with E-state index >= 15 is 0 Å². The van der Waals surface area contributed by atoms with Gasteiger partial charge < -0.3 is 10.3 Å². The van der Waals surface area contributed by atoms with Crippen molar-refractivity contribution in [1.29, 1.82) is 0 Å². The molecule has 62 valence electrons. The van der Waals surface area contributed by atoms with Crippen LogP contribution in [0.25, 0.3) is 0 Å². The lowest BCUT2D eigenvalue weighted by Gasteiger charge is -2.19. The maximum absolute atomic E-state index is 5.76. The summed E-state index contributed by atoms with van der Waals surface area (Å²) in [5, 5.41) is 0. The van der Waals surface area contributed by atoms with Gasteiger partial charge in [0.15, 0.2) is 0 Å². The Morgan fingerprint density at radius 2 is 2.45 bits per heavy atom. The van der Waals surface area contributed by atoms with Gasteiger partial charge in [-0.1, -0.05) is 0 Å². The molecule has 0 fully saturated rings. The lowest BCUT2D eigenvalue weighted by molar-refractivity contribution is 0.453.